The van der Waals surface area contributed by atoms with Gasteiger partial charge in [0.25, 0.3) is 5.91 Å². The van der Waals surface area contributed by atoms with Crippen molar-refractivity contribution in [2.75, 3.05) is 24.3 Å². The second-order valence-electron chi connectivity index (χ2n) is 4.45. The third-order valence-electron chi connectivity index (χ3n) is 2.73. The van der Waals surface area contributed by atoms with E-state index in [2.05, 4.69) is 15.3 Å². The molecule has 0 spiro atoms. The van der Waals surface area contributed by atoms with Gasteiger partial charge >= 0.3 is 0 Å². The summed E-state index contributed by atoms with van der Waals surface area (Å²) >= 11 is 0. The number of nitriles is 1. The molecule has 0 saturated carbocycles. The Labute approximate surface area is 116 Å². The summed E-state index contributed by atoms with van der Waals surface area (Å²) in [6, 6.07) is 3.54. The Balaban J connectivity index is 2.28. The van der Waals surface area contributed by atoms with Crippen LogP contribution >= 0.6 is 0 Å². The number of aromatic nitrogens is 3. The zero-order valence-corrected chi connectivity index (χ0v) is 11.5. The second-order valence-corrected chi connectivity index (χ2v) is 4.45. The zero-order valence-electron chi connectivity index (χ0n) is 11.5. The van der Waals surface area contributed by atoms with E-state index in [0.717, 1.165) is 0 Å². The topological polar surface area (TPSA) is 86.8 Å². The largest absolute Gasteiger partial charge is 0.361 e. The van der Waals surface area contributed by atoms with E-state index in [0.29, 0.717) is 22.8 Å². The summed E-state index contributed by atoms with van der Waals surface area (Å²) in [5.41, 5.74) is 1.35. The van der Waals surface area contributed by atoms with Crippen LogP contribution in [0.4, 0.5) is 11.5 Å². The smallest absolute Gasteiger partial charge is 0.272 e. The van der Waals surface area contributed by atoms with Gasteiger partial charge in [-0.05, 0) is 6.07 Å². The number of hydrogen-bond donors (Lipinski definition) is 1. The second kappa shape index (κ2) is 5.40. The first-order chi connectivity index (χ1) is 9.52. The average Bonchev–Trinajstić information content (AvgIpc) is 2.80. The third-order valence-corrected chi connectivity index (χ3v) is 2.73. The van der Waals surface area contributed by atoms with E-state index in [-0.39, 0.29) is 5.91 Å². The quantitative estimate of drug-likeness (QED) is 0.899. The van der Waals surface area contributed by atoms with Gasteiger partial charge in [-0.25, -0.2) is 9.97 Å². The molecule has 0 aliphatic rings. The highest BCUT2D eigenvalue weighted by molar-refractivity contribution is 6.04. The van der Waals surface area contributed by atoms with E-state index < -0.39 is 0 Å². The molecule has 1 amide bonds. The molecule has 2 rings (SSSR count). The Morgan fingerprint density at radius 2 is 2.25 bits per heavy atom. The maximum absolute atomic E-state index is 12.2. The van der Waals surface area contributed by atoms with E-state index in [1.165, 1.54) is 18.6 Å². The van der Waals surface area contributed by atoms with Gasteiger partial charge in [0.2, 0.25) is 0 Å². The molecule has 20 heavy (non-hydrogen) atoms. The van der Waals surface area contributed by atoms with Crippen LogP contribution in [0.25, 0.3) is 0 Å². The van der Waals surface area contributed by atoms with Crippen LogP contribution in [-0.2, 0) is 7.05 Å². The van der Waals surface area contributed by atoms with Crippen LogP contribution in [0.1, 0.15) is 16.1 Å². The summed E-state index contributed by atoms with van der Waals surface area (Å²) in [4.78, 5) is 22.0. The summed E-state index contributed by atoms with van der Waals surface area (Å²) in [5.74, 6) is 0.301. The van der Waals surface area contributed by atoms with Gasteiger partial charge in [0.1, 0.15) is 23.8 Å². The highest BCUT2D eigenvalue weighted by Crippen LogP contribution is 2.20. The van der Waals surface area contributed by atoms with E-state index in [1.807, 2.05) is 20.2 Å². The lowest BCUT2D eigenvalue weighted by molar-refractivity contribution is 0.101. The third kappa shape index (κ3) is 2.59. The Kier molecular flexibility index (Phi) is 3.66. The van der Waals surface area contributed by atoms with Crippen LogP contribution in [-0.4, -0.2) is 34.5 Å². The maximum Gasteiger partial charge on any atom is 0.272 e. The first kappa shape index (κ1) is 13.5. The summed E-state index contributed by atoms with van der Waals surface area (Å²) in [6.45, 7) is 0. The summed E-state index contributed by atoms with van der Waals surface area (Å²) < 4.78 is 1.60. The molecule has 0 aromatic carbocycles. The van der Waals surface area contributed by atoms with Crippen LogP contribution < -0.4 is 10.2 Å². The molecule has 0 aliphatic carbocycles. The normalized spacial score (nSPS) is 9.90. The number of nitrogens with one attached hydrogen (secondary N) is 1. The fourth-order valence-electron chi connectivity index (χ4n) is 1.81. The van der Waals surface area contributed by atoms with E-state index in [4.69, 9.17) is 5.26 Å². The van der Waals surface area contributed by atoms with E-state index >= 15 is 0 Å². The molecule has 2 aromatic heterocycles. The minimum atomic E-state index is -0.313. The van der Waals surface area contributed by atoms with Gasteiger partial charge in [0, 0.05) is 27.3 Å². The van der Waals surface area contributed by atoms with Crippen LogP contribution in [0, 0.1) is 11.3 Å². The summed E-state index contributed by atoms with van der Waals surface area (Å²) in [6.07, 6.45) is 4.55. The monoisotopic (exact) mass is 270 g/mol. The number of rotatable bonds is 3. The predicted octanol–water partition coefficient (Wildman–Crippen LogP) is 1.01. The number of hydrogen-bond acceptors (Lipinski definition) is 5. The molecular weight excluding hydrogens is 256 g/mol. The summed E-state index contributed by atoms with van der Waals surface area (Å²) in [7, 11) is 5.37. The van der Waals surface area contributed by atoms with E-state index in [1.54, 1.807) is 22.7 Å². The number of aryl methyl sites for hydroxylation is 1. The molecule has 0 fully saturated rings. The molecular formula is C13H14N6O. The number of anilines is 2. The van der Waals surface area contributed by atoms with Crippen molar-refractivity contribution in [3.63, 3.8) is 0 Å². The number of amides is 1. The first-order valence-corrected chi connectivity index (χ1v) is 5.88. The van der Waals surface area contributed by atoms with Crippen molar-refractivity contribution in [3.05, 3.63) is 36.0 Å². The van der Waals surface area contributed by atoms with Gasteiger partial charge in [-0.3, -0.25) is 4.79 Å². The molecule has 0 aliphatic heterocycles. The van der Waals surface area contributed by atoms with Gasteiger partial charge in [0.05, 0.1) is 11.8 Å². The number of carbonyl (C=O) groups excluding carboxylic acids is 1. The zero-order chi connectivity index (χ0) is 14.7. The molecule has 0 atom stereocenters. The van der Waals surface area contributed by atoms with Crippen LogP contribution in [0.3, 0.4) is 0 Å². The van der Waals surface area contributed by atoms with Gasteiger partial charge in [-0.1, -0.05) is 0 Å². The van der Waals surface area contributed by atoms with Gasteiger partial charge in [-0.2, -0.15) is 5.26 Å². The highest BCUT2D eigenvalue weighted by atomic mass is 16.2. The van der Waals surface area contributed by atoms with Gasteiger partial charge in [0.15, 0.2) is 5.82 Å². The van der Waals surface area contributed by atoms with Crippen LogP contribution in [0.5, 0.6) is 0 Å². The average molecular weight is 270 g/mol. The number of carbonyl (C=O) groups is 1. The molecule has 7 heteroatoms. The SMILES string of the molecule is CN(C)c1ncncc1NC(=O)c1cc(C#N)cn1C. The molecule has 0 saturated heterocycles. The van der Waals surface area contributed by atoms with Gasteiger partial charge < -0.3 is 14.8 Å². The minimum absolute atomic E-state index is 0.313. The van der Waals surface area contributed by atoms with Crippen molar-refractivity contribution in [3.8, 4) is 6.07 Å². The fourth-order valence-corrected chi connectivity index (χ4v) is 1.81. The molecule has 2 aromatic rings. The standard InChI is InChI=1S/C13H14N6O/c1-18(2)12-10(6-15-8-16-12)17-13(20)11-4-9(5-14)7-19(11)3/h4,6-8H,1-3H3,(H,17,20). The molecule has 7 nitrogen and oxygen atoms in total. The number of nitrogens with zero attached hydrogens (tertiary/aromatic N) is 5. The Bertz CT molecular complexity index is 682. The molecule has 102 valence electrons. The van der Waals surface area contributed by atoms with Crippen molar-refractivity contribution < 1.29 is 4.79 Å². The Morgan fingerprint density at radius 1 is 1.50 bits per heavy atom. The van der Waals surface area contributed by atoms with Crippen LogP contribution in [0.2, 0.25) is 0 Å². The Hall–Kier alpha value is -2.88. The molecule has 2 heterocycles. The van der Waals surface area contributed by atoms with E-state index in [9.17, 15) is 4.79 Å². The Morgan fingerprint density at radius 3 is 2.85 bits per heavy atom. The van der Waals surface area contributed by atoms with Crippen molar-refractivity contribution in [1.82, 2.24) is 14.5 Å². The minimum Gasteiger partial charge on any atom is -0.361 e. The first-order valence-electron chi connectivity index (χ1n) is 5.88. The summed E-state index contributed by atoms with van der Waals surface area (Å²) in [5, 5.41) is 11.6. The highest BCUT2D eigenvalue weighted by Gasteiger charge is 2.15. The van der Waals surface area contributed by atoms with Crippen molar-refractivity contribution >= 4 is 17.4 Å². The van der Waals surface area contributed by atoms with Crippen molar-refractivity contribution in [1.29, 1.82) is 5.26 Å². The molecule has 0 radical (unpaired) electrons. The fraction of sp³-hybridized carbons (Fsp3) is 0.231. The van der Waals surface area contributed by atoms with Crippen molar-refractivity contribution in [2.24, 2.45) is 7.05 Å². The molecule has 0 unspecified atom stereocenters. The molecule has 1 N–H and O–H groups in total. The maximum atomic E-state index is 12.2. The predicted molar refractivity (Wildman–Crippen MR) is 74.4 cm³/mol. The lowest BCUT2D eigenvalue weighted by Gasteiger charge is -2.15. The van der Waals surface area contributed by atoms with Crippen LogP contribution in [0.15, 0.2) is 24.8 Å². The molecule has 0 bridgehead atoms. The van der Waals surface area contributed by atoms with Crippen molar-refractivity contribution in [2.45, 2.75) is 0 Å². The lowest BCUT2D eigenvalue weighted by atomic mass is 10.3. The van der Waals surface area contributed by atoms with Gasteiger partial charge in [-0.15, -0.1) is 0 Å². The lowest BCUT2D eigenvalue weighted by Crippen LogP contribution is -2.19.